The maximum atomic E-state index is 13.5. The van der Waals surface area contributed by atoms with Gasteiger partial charge in [0.25, 0.3) is 0 Å². The van der Waals surface area contributed by atoms with Crippen LogP contribution in [0.1, 0.15) is 12.8 Å². The molecule has 1 saturated carbocycles. The number of rotatable bonds is 9. The number of benzene rings is 1. The van der Waals surface area contributed by atoms with Crippen LogP contribution in [0.15, 0.2) is 29.7 Å². The number of aliphatic hydroxyl groups is 2. The van der Waals surface area contributed by atoms with E-state index in [1.54, 1.807) is 0 Å². The van der Waals surface area contributed by atoms with E-state index < -0.39 is 17.9 Å². The Hall–Kier alpha value is -2.23. The summed E-state index contributed by atoms with van der Waals surface area (Å²) in [4.78, 5) is 1.88. The monoisotopic (exact) mass is 395 g/mol. The molecule has 0 radical (unpaired) electrons. The molecular formula is C19H25F2N4O3-. The van der Waals surface area contributed by atoms with E-state index in [1.807, 2.05) is 4.90 Å². The van der Waals surface area contributed by atoms with Crippen LogP contribution >= 0.6 is 0 Å². The minimum absolute atomic E-state index is 0.0264. The first-order valence-corrected chi connectivity index (χ1v) is 9.23. The highest BCUT2D eigenvalue weighted by Gasteiger charge is 2.43. The zero-order valence-corrected chi connectivity index (χ0v) is 15.5. The summed E-state index contributed by atoms with van der Waals surface area (Å²) in [5, 5.41) is 35.0. The van der Waals surface area contributed by atoms with Crippen molar-refractivity contribution in [1.29, 1.82) is 5.41 Å². The fraction of sp³-hybridized carbons (Fsp3) is 0.526. The second-order valence-electron chi connectivity index (χ2n) is 7.20. The average molecular weight is 395 g/mol. The summed E-state index contributed by atoms with van der Waals surface area (Å²) in [5.74, 6) is -1.46. The van der Waals surface area contributed by atoms with E-state index in [0.717, 1.165) is 37.3 Å². The molecule has 0 aromatic heterocycles. The number of hydrogen-bond acceptors (Lipinski definition) is 6. The molecule has 1 saturated heterocycles. The molecule has 1 atom stereocenters. The second-order valence-corrected chi connectivity index (χ2v) is 7.20. The standard InChI is InChI=1S/C19H25F2N4O3/c20-13-7-14(21)9-15(8-13)24-18(27)17(28-12-19(11-26)1-2-19)16(10-22)25-5-3-23-4-6-25/h7-10,18,22,24,26-27H,1-6,11-12H2/q-1/b17-16-,22-10?. The molecule has 1 aromatic rings. The Morgan fingerprint density at radius 1 is 1.29 bits per heavy atom. The van der Waals surface area contributed by atoms with Crippen molar-refractivity contribution in [3.63, 3.8) is 0 Å². The summed E-state index contributed by atoms with van der Waals surface area (Å²) < 4.78 is 32.8. The predicted octanol–water partition coefficient (Wildman–Crippen LogP) is 2.03. The van der Waals surface area contributed by atoms with Crippen LogP contribution in [0.2, 0.25) is 0 Å². The second kappa shape index (κ2) is 8.85. The molecule has 3 rings (SSSR count). The van der Waals surface area contributed by atoms with Crippen molar-refractivity contribution in [3.05, 3.63) is 46.6 Å². The molecule has 1 heterocycles. The van der Waals surface area contributed by atoms with Crippen LogP contribution in [0.5, 0.6) is 0 Å². The molecule has 1 unspecified atom stereocenters. The zero-order chi connectivity index (χ0) is 20.1. The first-order chi connectivity index (χ1) is 13.5. The minimum atomic E-state index is -1.42. The SMILES string of the molecule is N=C/C(=C(/OCC1(CO)CC1)C(O)Nc1cc(F)cc(F)c1)N1CC[N-]CC1. The normalized spacial score (nSPS) is 20.2. The summed E-state index contributed by atoms with van der Waals surface area (Å²) in [6, 6.07) is 2.86. The summed E-state index contributed by atoms with van der Waals surface area (Å²) in [5.41, 5.74) is 0.0909. The van der Waals surface area contributed by atoms with Gasteiger partial charge in [-0.15, -0.1) is 13.1 Å². The smallest absolute Gasteiger partial charge is 0.185 e. The average Bonchev–Trinajstić information content (AvgIpc) is 3.45. The van der Waals surface area contributed by atoms with Crippen molar-refractivity contribution < 1.29 is 23.7 Å². The third-order valence-corrected chi connectivity index (χ3v) is 5.03. The Labute approximate surface area is 162 Å². The van der Waals surface area contributed by atoms with Gasteiger partial charge in [-0.3, -0.25) is 0 Å². The van der Waals surface area contributed by atoms with Crippen LogP contribution in [0.3, 0.4) is 0 Å². The lowest BCUT2D eigenvalue weighted by Gasteiger charge is -2.38. The molecule has 28 heavy (non-hydrogen) atoms. The van der Waals surface area contributed by atoms with E-state index >= 15 is 0 Å². The van der Waals surface area contributed by atoms with Crippen molar-refractivity contribution in [3.8, 4) is 0 Å². The number of halogens is 2. The number of allylic oxidation sites excluding steroid dienone is 1. The van der Waals surface area contributed by atoms with Gasteiger partial charge in [-0.2, -0.15) is 0 Å². The number of nitrogens with zero attached hydrogens (tertiary/aromatic N) is 2. The third kappa shape index (κ3) is 4.98. The van der Waals surface area contributed by atoms with Gasteiger partial charge in [0.05, 0.1) is 18.9 Å². The summed E-state index contributed by atoms with van der Waals surface area (Å²) in [7, 11) is 0. The molecule has 0 amide bonds. The maximum absolute atomic E-state index is 13.5. The van der Waals surface area contributed by atoms with Gasteiger partial charge in [-0.05, 0) is 38.1 Å². The van der Waals surface area contributed by atoms with Gasteiger partial charge in [-0.1, -0.05) is 0 Å². The van der Waals surface area contributed by atoms with E-state index in [-0.39, 0.29) is 30.1 Å². The quantitative estimate of drug-likeness (QED) is 0.291. The van der Waals surface area contributed by atoms with Crippen molar-refractivity contribution >= 4 is 11.9 Å². The van der Waals surface area contributed by atoms with Crippen LogP contribution in [0, 0.1) is 22.5 Å². The molecule has 1 aliphatic heterocycles. The molecular weight excluding hydrogens is 370 g/mol. The van der Waals surface area contributed by atoms with Gasteiger partial charge in [0.2, 0.25) is 0 Å². The fourth-order valence-electron chi connectivity index (χ4n) is 3.07. The number of piperazine rings is 1. The van der Waals surface area contributed by atoms with Gasteiger partial charge in [0, 0.05) is 23.4 Å². The van der Waals surface area contributed by atoms with Crippen LogP contribution < -0.4 is 5.32 Å². The highest BCUT2D eigenvalue weighted by molar-refractivity contribution is 5.76. The number of hydrogen-bond donors (Lipinski definition) is 4. The Kier molecular flexibility index (Phi) is 6.48. The molecule has 0 spiro atoms. The molecule has 4 N–H and O–H groups in total. The van der Waals surface area contributed by atoms with E-state index in [9.17, 15) is 19.0 Å². The van der Waals surface area contributed by atoms with Crippen LogP contribution in [-0.2, 0) is 4.74 Å². The van der Waals surface area contributed by atoms with Crippen LogP contribution in [0.25, 0.3) is 5.32 Å². The van der Waals surface area contributed by atoms with Gasteiger partial charge in [-0.25, -0.2) is 8.78 Å². The predicted molar refractivity (Wildman–Crippen MR) is 101 cm³/mol. The summed E-state index contributed by atoms with van der Waals surface area (Å²) >= 11 is 0. The molecule has 0 bridgehead atoms. The Balaban J connectivity index is 1.84. The van der Waals surface area contributed by atoms with Crippen LogP contribution in [0.4, 0.5) is 14.5 Å². The van der Waals surface area contributed by atoms with E-state index in [4.69, 9.17) is 10.1 Å². The molecule has 7 nitrogen and oxygen atoms in total. The van der Waals surface area contributed by atoms with Gasteiger partial charge < -0.3 is 35.9 Å². The van der Waals surface area contributed by atoms with Crippen molar-refractivity contribution in [2.75, 3.05) is 44.7 Å². The lowest BCUT2D eigenvalue weighted by atomic mass is 10.1. The molecule has 2 fully saturated rings. The lowest BCUT2D eigenvalue weighted by Crippen LogP contribution is -2.38. The number of ether oxygens (including phenoxy) is 1. The molecule has 1 aliphatic carbocycles. The summed E-state index contributed by atoms with van der Waals surface area (Å²) in [6.45, 7) is 2.51. The maximum Gasteiger partial charge on any atom is 0.185 e. The van der Waals surface area contributed by atoms with Crippen molar-refractivity contribution in [2.24, 2.45) is 5.41 Å². The van der Waals surface area contributed by atoms with E-state index in [1.165, 1.54) is 0 Å². The number of nitrogens with one attached hydrogen (secondary N) is 2. The first kappa shape index (κ1) is 20.5. The van der Waals surface area contributed by atoms with E-state index in [0.29, 0.717) is 31.9 Å². The minimum Gasteiger partial charge on any atom is -0.659 e. The zero-order valence-electron chi connectivity index (χ0n) is 15.5. The molecule has 1 aromatic carbocycles. The van der Waals surface area contributed by atoms with Crippen molar-refractivity contribution in [2.45, 2.75) is 19.1 Å². The highest BCUT2D eigenvalue weighted by Crippen LogP contribution is 2.45. The largest absolute Gasteiger partial charge is 0.659 e. The molecule has 2 aliphatic rings. The lowest BCUT2D eigenvalue weighted by molar-refractivity contribution is 0.0613. The number of anilines is 1. The number of aliphatic hydroxyl groups excluding tert-OH is 2. The van der Waals surface area contributed by atoms with Gasteiger partial charge in [0.1, 0.15) is 11.6 Å². The molecule has 154 valence electrons. The Bertz CT molecular complexity index is 714. The van der Waals surface area contributed by atoms with E-state index in [2.05, 4.69) is 10.6 Å². The Morgan fingerprint density at radius 3 is 2.46 bits per heavy atom. The third-order valence-electron chi connectivity index (χ3n) is 5.03. The van der Waals surface area contributed by atoms with Crippen molar-refractivity contribution in [1.82, 2.24) is 4.90 Å². The van der Waals surface area contributed by atoms with Gasteiger partial charge in [0.15, 0.2) is 12.0 Å². The van der Waals surface area contributed by atoms with Crippen LogP contribution in [-0.4, -0.2) is 66.9 Å². The summed E-state index contributed by atoms with van der Waals surface area (Å²) in [6.07, 6.45) is 1.30. The topological polar surface area (TPSA) is 103 Å². The van der Waals surface area contributed by atoms with Gasteiger partial charge >= 0.3 is 0 Å². The highest BCUT2D eigenvalue weighted by atomic mass is 19.1. The molecule has 9 heteroatoms. The Morgan fingerprint density at radius 2 is 1.93 bits per heavy atom. The fourth-order valence-corrected chi connectivity index (χ4v) is 3.07. The first-order valence-electron chi connectivity index (χ1n) is 9.23.